The molecule has 0 amide bonds. The zero-order valence-electron chi connectivity index (χ0n) is 8.89. The van der Waals surface area contributed by atoms with E-state index in [2.05, 4.69) is 16.8 Å². The predicted molar refractivity (Wildman–Crippen MR) is 64.3 cm³/mol. The van der Waals surface area contributed by atoms with E-state index in [4.69, 9.17) is 0 Å². The van der Waals surface area contributed by atoms with E-state index in [9.17, 15) is 5.11 Å². The van der Waals surface area contributed by atoms with E-state index in [0.717, 1.165) is 29.3 Å². The Morgan fingerprint density at radius 1 is 1.67 bits per heavy atom. The van der Waals surface area contributed by atoms with Crippen molar-refractivity contribution in [1.29, 1.82) is 0 Å². The van der Waals surface area contributed by atoms with Crippen LogP contribution in [0.1, 0.15) is 12.5 Å². The fourth-order valence-corrected chi connectivity index (χ4v) is 2.91. The summed E-state index contributed by atoms with van der Waals surface area (Å²) in [6, 6.07) is 2.42. The molecular weight excluding hydrogens is 208 g/mol. The molecule has 3 nitrogen and oxygen atoms in total. The van der Waals surface area contributed by atoms with Gasteiger partial charge >= 0.3 is 0 Å². The van der Waals surface area contributed by atoms with Crippen molar-refractivity contribution in [1.82, 2.24) is 4.98 Å². The molecule has 1 saturated heterocycles. The van der Waals surface area contributed by atoms with Gasteiger partial charge in [-0.3, -0.25) is 4.98 Å². The van der Waals surface area contributed by atoms with Crippen molar-refractivity contribution in [2.45, 2.75) is 19.6 Å². The third-order valence-corrected chi connectivity index (χ3v) is 3.92. The standard InChI is InChI=1S/C11H16N2OS/c1-9-8-15-5-4-13(9)11-6-12-3-2-10(11)7-14/h2-3,6,9,14H,4-5,7-8H2,1H3. The SMILES string of the molecule is CC1CSCCN1c1cnccc1CO. The molecular formula is C11H16N2OS. The molecule has 2 rings (SSSR count). The van der Waals surface area contributed by atoms with Gasteiger partial charge in [0, 0.05) is 35.9 Å². The number of hydrogen-bond donors (Lipinski definition) is 1. The molecule has 0 spiro atoms. The topological polar surface area (TPSA) is 36.4 Å². The number of aliphatic hydroxyl groups is 1. The molecule has 0 saturated carbocycles. The van der Waals surface area contributed by atoms with Crippen LogP contribution in [-0.2, 0) is 6.61 Å². The van der Waals surface area contributed by atoms with Crippen LogP contribution in [0.4, 0.5) is 5.69 Å². The average molecular weight is 224 g/mol. The summed E-state index contributed by atoms with van der Waals surface area (Å²) in [5.41, 5.74) is 2.07. The van der Waals surface area contributed by atoms with Gasteiger partial charge in [0.1, 0.15) is 0 Å². The Morgan fingerprint density at radius 3 is 3.27 bits per heavy atom. The van der Waals surface area contributed by atoms with E-state index >= 15 is 0 Å². The first-order valence-electron chi connectivity index (χ1n) is 5.21. The Hall–Kier alpha value is -0.740. The van der Waals surface area contributed by atoms with Crippen LogP contribution < -0.4 is 4.90 Å². The minimum Gasteiger partial charge on any atom is -0.392 e. The highest BCUT2D eigenvalue weighted by molar-refractivity contribution is 7.99. The zero-order chi connectivity index (χ0) is 10.7. The highest BCUT2D eigenvalue weighted by Gasteiger charge is 2.20. The molecule has 1 aromatic rings. The Morgan fingerprint density at radius 2 is 2.53 bits per heavy atom. The lowest BCUT2D eigenvalue weighted by atomic mass is 10.2. The van der Waals surface area contributed by atoms with Crippen LogP contribution in [0.25, 0.3) is 0 Å². The molecule has 15 heavy (non-hydrogen) atoms. The summed E-state index contributed by atoms with van der Waals surface area (Å²) in [7, 11) is 0. The Balaban J connectivity index is 2.26. The van der Waals surface area contributed by atoms with Gasteiger partial charge in [-0.25, -0.2) is 0 Å². The molecule has 0 aromatic carbocycles. The molecule has 2 heterocycles. The number of rotatable bonds is 2. The maximum absolute atomic E-state index is 9.28. The van der Waals surface area contributed by atoms with Crippen molar-refractivity contribution in [3.05, 3.63) is 24.0 Å². The molecule has 1 aromatic heterocycles. The number of aromatic nitrogens is 1. The quantitative estimate of drug-likeness (QED) is 0.826. The highest BCUT2D eigenvalue weighted by Crippen LogP contribution is 2.26. The summed E-state index contributed by atoms with van der Waals surface area (Å²) in [5, 5.41) is 9.28. The Bertz CT molecular complexity index is 332. The second-order valence-corrected chi connectivity index (χ2v) is 4.93. The fourth-order valence-electron chi connectivity index (χ4n) is 1.89. The van der Waals surface area contributed by atoms with E-state index < -0.39 is 0 Å². The van der Waals surface area contributed by atoms with Gasteiger partial charge in [0.25, 0.3) is 0 Å². The van der Waals surface area contributed by atoms with Crippen molar-refractivity contribution in [3.63, 3.8) is 0 Å². The van der Waals surface area contributed by atoms with Crippen LogP contribution in [0.5, 0.6) is 0 Å². The molecule has 1 unspecified atom stereocenters. The van der Waals surface area contributed by atoms with Gasteiger partial charge in [0.15, 0.2) is 0 Å². The maximum Gasteiger partial charge on any atom is 0.0703 e. The van der Waals surface area contributed by atoms with Crippen molar-refractivity contribution in [2.24, 2.45) is 0 Å². The fraction of sp³-hybridized carbons (Fsp3) is 0.545. The molecule has 1 aliphatic rings. The normalized spacial score (nSPS) is 21.7. The van der Waals surface area contributed by atoms with Crippen LogP contribution in [0, 0.1) is 0 Å². The van der Waals surface area contributed by atoms with Gasteiger partial charge in [-0.1, -0.05) is 0 Å². The molecule has 1 fully saturated rings. The molecule has 1 N–H and O–H groups in total. The van der Waals surface area contributed by atoms with E-state index in [1.54, 1.807) is 6.20 Å². The predicted octanol–water partition coefficient (Wildman–Crippen LogP) is 1.52. The maximum atomic E-state index is 9.28. The first-order valence-corrected chi connectivity index (χ1v) is 6.36. The molecule has 1 aliphatic heterocycles. The van der Waals surface area contributed by atoms with Crippen molar-refractivity contribution < 1.29 is 5.11 Å². The third kappa shape index (κ3) is 2.26. The number of nitrogens with zero attached hydrogens (tertiary/aromatic N) is 2. The van der Waals surface area contributed by atoms with E-state index in [0.29, 0.717) is 6.04 Å². The van der Waals surface area contributed by atoms with Crippen molar-refractivity contribution in [2.75, 3.05) is 23.0 Å². The number of thioether (sulfide) groups is 1. The second kappa shape index (κ2) is 4.86. The second-order valence-electron chi connectivity index (χ2n) is 3.78. The van der Waals surface area contributed by atoms with Gasteiger partial charge in [-0.05, 0) is 13.0 Å². The Labute approximate surface area is 94.5 Å². The van der Waals surface area contributed by atoms with Gasteiger partial charge in [0.2, 0.25) is 0 Å². The monoisotopic (exact) mass is 224 g/mol. The van der Waals surface area contributed by atoms with Gasteiger partial charge < -0.3 is 10.0 Å². The van der Waals surface area contributed by atoms with Crippen molar-refractivity contribution in [3.8, 4) is 0 Å². The van der Waals surface area contributed by atoms with E-state index in [1.165, 1.54) is 0 Å². The number of aliphatic hydroxyl groups excluding tert-OH is 1. The average Bonchev–Trinajstić information content (AvgIpc) is 2.30. The molecule has 1 atom stereocenters. The molecule has 0 bridgehead atoms. The number of hydrogen-bond acceptors (Lipinski definition) is 4. The zero-order valence-corrected chi connectivity index (χ0v) is 9.70. The van der Waals surface area contributed by atoms with Crippen LogP contribution in [0.2, 0.25) is 0 Å². The lowest BCUT2D eigenvalue weighted by Crippen LogP contribution is -2.41. The minimum absolute atomic E-state index is 0.0915. The summed E-state index contributed by atoms with van der Waals surface area (Å²) in [6.45, 7) is 3.36. The van der Waals surface area contributed by atoms with Gasteiger partial charge in [-0.2, -0.15) is 11.8 Å². The van der Waals surface area contributed by atoms with Gasteiger partial charge in [0.05, 0.1) is 18.5 Å². The summed E-state index contributed by atoms with van der Waals surface area (Å²) in [5.74, 6) is 2.31. The molecule has 0 aliphatic carbocycles. The highest BCUT2D eigenvalue weighted by atomic mass is 32.2. The molecule has 4 heteroatoms. The van der Waals surface area contributed by atoms with Crippen LogP contribution in [-0.4, -0.2) is 34.2 Å². The first kappa shape index (κ1) is 10.8. The molecule has 82 valence electrons. The summed E-state index contributed by atoms with van der Waals surface area (Å²) < 4.78 is 0. The number of pyridine rings is 1. The number of anilines is 1. The first-order chi connectivity index (χ1) is 7.33. The van der Waals surface area contributed by atoms with Crippen LogP contribution in [0.3, 0.4) is 0 Å². The van der Waals surface area contributed by atoms with Crippen LogP contribution in [0.15, 0.2) is 18.5 Å². The lowest BCUT2D eigenvalue weighted by molar-refractivity contribution is 0.281. The summed E-state index contributed by atoms with van der Waals surface area (Å²) in [4.78, 5) is 6.49. The smallest absolute Gasteiger partial charge is 0.0703 e. The van der Waals surface area contributed by atoms with Gasteiger partial charge in [-0.15, -0.1) is 0 Å². The van der Waals surface area contributed by atoms with E-state index in [-0.39, 0.29) is 6.61 Å². The van der Waals surface area contributed by atoms with Crippen molar-refractivity contribution >= 4 is 17.4 Å². The van der Waals surface area contributed by atoms with Crippen LogP contribution >= 0.6 is 11.8 Å². The largest absolute Gasteiger partial charge is 0.392 e. The molecule has 0 radical (unpaired) electrons. The third-order valence-electron chi connectivity index (χ3n) is 2.74. The Kier molecular flexibility index (Phi) is 3.49. The minimum atomic E-state index is 0.0915. The lowest BCUT2D eigenvalue weighted by Gasteiger charge is -2.35. The summed E-state index contributed by atoms with van der Waals surface area (Å²) >= 11 is 1.99. The van der Waals surface area contributed by atoms with E-state index in [1.807, 2.05) is 24.0 Å². The summed E-state index contributed by atoms with van der Waals surface area (Å²) in [6.07, 6.45) is 3.59.